The summed E-state index contributed by atoms with van der Waals surface area (Å²) < 4.78 is 7.73. The molecule has 2 atom stereocenters. The van der Waals surface area contributed by atoms with Crippen LogP contribution in [0, 0.1) is 12.3 Å². The molecule has 5 heteroatoms. The molecule has 0 aliphatic heterocycles. The summed E-state index contributed by atoms with van der Waals surface area (Å²) in [5, 5.41) is 7.48. The largest absolute Gasteiger partial charge is 0.378 e. The fraction of sp³-hybridized carbons (Fsp3) is 0.765. The standard InChI is InChI=1S/C17H27N3O2/c1-3-22-15-10-14(17(15)7-4-5-8-17)19-16(21)6-9-20-12-13(2)11-18-20/h11-12,14-15H,3-10H2,1-2H3,(H,19,21). The highest BCUT2D eigenvalue weighted by molar-refractivity contribution is 5.76. The van der Waals surface area contributed by atoms with Crippen LogP contribution in [0.3, 0.4) is 0 Å². The summed E-state index contributed by atoms with van der Waals surface area (Å²) in [4.78, 5) is 12.2. The normalized spacial score (nSPS) is 26.1. The average molecular weight is 305 g/mol. The van der Waals surface area contributed by atoms with Crippen molar-refractivity contribution in [2.75, 3.05) is 6.61 Å². The lowest BCUT2D eigenvalue weighted by atomic mass is 9.60. The van der Waals surface area contributed by atoms with Gasteiger partial charge in [0.1, 0.15) is 0 Å². The first-order chi connectivity index (χ1) is 10.6. The van der Waals surface area contributed by atoms with Crippen molar-refractivity contribution in [3.8, 4) is 0 Å². The van der Waals surface area contributed by atoms with Gasteiger partial charge in [-0.05, 0) is 38.7 Å². The van der Waals surface area contributed by atoms with Crippen LogP contribution in [0.4, 0.5) is 0 Å². The minimum Gasteiger partial charge on any atom is -0.378 e. The molecule has 0 aromatic carbocycles. The highest BCUT2D eigenvalue weighted by Crippen LogP contribution is 2.54. The smallest absolute Gasteiger partial charge is 0.222 e. The van der Waals surface area contributed by atoms with Crippen molar-refractivity contribution in [1.82, 2.24) is 15.1 Å². The zero-order valence-electron chi connectivity index (χ0n) is 13.7. The molecule has 2 fully saturated rings. The number of carbonyl (C=O) groups excluding carboxylic acids is 1. The first-order valence-electron chi connectivity index (χ1n) is 8.54. The van der Waals surface area contributed by atoms with E-state index in [0.29, 0.717) is 25.1 Å². The van der Waals surface area contributed by atoms with Crippen LogP contribution < -0.4 is 5.32 Å². The molecule has 1 amide bonds. The minimum absolute atomic E-state index is 0.138. The van der Waals surface area contributed by atoms with Gasteiger partial charge in [0.2, 0.25) is 5.91 Å². The molecule has 5 nitrogen and oxygen atoms in total. The third-order valence-electron chi connectivity index (χ3n) is 5.35. The lowest BCUT2D eigenvalue weighted by Gasteiger charge is -2.54. The third kappa shape index (κ3) is 2.91. The summed E-state index contributed by atoms with van der Waals surface area (Å²) >= 11 is 0. The number of nitrogens with zero attached hydrogens (tertiary/aromatic N) is 2. The molecule has 0 bridgehead atoms. The Labute approximate surface area is 132 Å². The number of carbonyl (C=O) groups is 1. The molecule has 2 aliphatic rings. The van der Waals surface area contributed by atoms with Crippen LogP contribution in [0.1, 0.15) is 51.0 Å². The summed E-state index contributed by atoms with van der Waals surface area (Å²) in [6.45, 7) is 5.48. The number of ether oxygens (including phenoxy) is 1. The maximum absolute atomic E-state index is 12.2. The second-order valence-corrected chi connectivity index (χ2v) is 6.77. The molecule has 1 aromatic rings. The van der Waals surface area contributed by atoms with E-state index in [4.69, 9.17) is 4.74 Å². The van der Waals surface area contributed by atoms with E-state index in [-0.39, 0.29) is 11.3 Å². The Kier molecular flexibility index (Phi) is 4.52. The van der Waals surface area contributed by atoms with Gasteiger partial charge in [-0.2, -0.15) is 5.10 Å². The fourth-order valence-corrected chi connectivity index (χ4v) is 4.16. The van der Waals surface area contributed by atoms with E-state index < -0.39 is 0 Å². The lowest BCUT2D eigenvalue weighted by molar-refractivity contribution is -0.144. The van der Waals surface area contributed by atoms with Gasteiger partial charge < -0.3 is 10.1 Å². The van der Waals surface area contributed by atoms with E-state index in [2.05, 4.69) is 17.3 Å². The van der Waals surface area contributed by atoms with Gasteiger partial charge in [0.15, 0.2) is 0 Å². The van der Waals surface area contributed by atoms with Crippen molar-refractivity contribution in [3.05, 3.63) is 18.0 Å². The molecule has 0 saturated heterocycles. The predicted octanol–water partition coefficient (Wildman–Crippen LogP) is 2.44. The Balaban J connectivity index is 1.51. The Morgan fingerprint density at radius 1 is 1.50 bits per heavy atom. The van der Waals surface area contributed by atoms with Crippen molar-refractivity contribution in [3.63, 3.8) is 0 Å². The minimum atomic E-state index is 0.138. The number of hydrogen-bond acceptors (Lipinski definition) is 3. The number of aryl methyl sites for hydroxylation is 2. The summed E-state index contributed by atoms with van der Waals surface area (Å²) in [6.07, 6.45) is 10.5. The van der Waals surface area contributed by atoms with Gasteiger partial charge in [-0.25, -0.2) is 0 Å². The van der Waals surface area contributed by atoms with Gasteiger partial charge in [0.25, 0.3) is 0 Å². The van der Waals surface area contributed by atoms with E-state index in [0.717, 1.165) is 18.6 Å². The first-order valence-corrected chi connectivity index (χ1v) is 8.54. The van der Waals surface area contributed by atoms with E-state index in [1.807, 2.05) is 24.0 Å². The van der Waals surface area contributed by atoms with Crippen LogP contribution in [0.25, 0.3) is 0 Å². The topological polar surface area (TPSA) is 56.1 Å². The predicted molar refractivity (Wildman–Crippen MR) is 84.4 cm³/mol. The van der Waals surface area contributed by atoms with Crippen LogP contribution in [0.15, 0.2) is 12.4 Å². The fourth-order valence-electron chi connectivity index (χ4n) is 4.16. The zero-order chi connectivity index (χ0) is 15.6. The van der Waals surface area contributed by atoms with Crippen LogP contribution in [-0.2, 0) is 16.1 Å². The van der Waals surface area contributed by atoms with Crippen LogP contribution in [0.5, 0.6) is 0 Å². The molecule has 2 saturated carbocycles. The summed E-state index contributed by atoms with van der Waals surface area (Å²) in [7, 11) is 0. The van der Waals surface area contributed by atoms with E-state index in [1.165, 1.54) is 25.7 Å². The molecule has 2 aliphatic carbocycles. The van der Waals surface area contributed by atoms with Gasteiger partial charge in [-0.3, -0.25) is 9.48 Å². The third-order valence-corrected chi connectivity index (χ3v) is 5.35. The van der Waals surface area contributed by atoms with Crippen molar-refractivity contribution in [1.29, 1.82) is 0 Å². The number of amides is 1. The SMILES string of the molecule is CCOC1CC(NC(=O)CCn2cc(C)cn2)C12CCCC2. The molecule has 22 heavy (non-hydrogen) atoms. The molecule has 3 rings (SSSR count). The molecule has 1 spiro atoms. The Hall–Kier alpha value is -1.36. The Morgan fingerprint density at radius 2 is 2.27 bits per heavy atom. The molecular formula is C17H27N3O2. The number of nitrogens with one attached hydrogen (secondary N) is 1. The average Bonchev–Trinajstić information content (AvgIpc) is 3.14. The van der Waals surface area contributed by atoms with Gasteiger partial charge in [0, 0.05) is 37.2 Å². The molecule has 0 radical (unpaired) electrons. The number of aromatic nitrogens is 2. The van der Waals surface area contributed by atoms with Crippen molar-refractivity contribution >= 4 is 5.91 Å². The molecule has 1 heterocycles. The van der Waals surface area contributed by atoms with Crippen molar-refractivity contribution < 1.29 is 9.53 Å². The summed E-state index contributed by atoms with van der Waals surface area (Å²) in [5.41, 5.74) is 1.34. The van der Waals surface area contributed by atoms with Crippen LogP contribution in [0.2, 0.25) is 0 Å². The van der Waals surface area contributed by atoms with E-state index in [9.17, 15) is 4.79 Å². The molecular weight excluding hydrogens is 278 g/mol. The van der Waals surface area contributed by atoms with E-state index in [1.54, 1.807) is 0 Å². The monoisotopic (exact) mass is 305 g/mol. The quantitative estimate of drug-likeness (QED) is 0.878. The van der Waals surface area contributed by atoms with Crippen molar-refractivity contribution in [2.24, 2.45) is 5.41 Å². The molecule has 2 unspecified atom stereocenters. The van der Waals surface area contributed by atoms with Crippen LogP contribution >= 0.6 is 0 Å². The maximum Gasteiger partial charge on any atom is 0.222 e. The van der Waals surface area contributed by atoms with E-state index >= 15 is 0 Å². The van der Waals surface area contributed by atoms with Crippen LogP contribution in [-0.4, -0.2) is 34.4 Å². The molecule has 122 valence electrons. The maximum atomic E-state index is 12.2. The lowest BCUT2D eigenvalue weighted by Crippen LogP contribution is -2.63. The second kappa shape index (κ2) is 6.41. The summed E-state index contributed by atoms with van der Waals surface area (Å²) in [6, 6.07) is 0.304. The number of rotatable bonds is 6. The first kappa shape index (κ1) is 15.5. The van der Waals surface area contributed by atoms with Gasteiger partial charge in [-0.15, -0.1) is 0 Å². The highest BCUT2D eigenvalue weighted by atomic mass is 16.5. The molecule has 1 N–H and O–H groups in total. The Bertz CT molecular complexity index is 520. The van der Waals surface area contributed by atoms with Gasteiger partial charge in [0.05, 0.1) is 12.3 Å². The molecule has 1 aromatic heterocycles. The van der Waals surface area contributed by atoms with Gasteiger partial charge >= 0.3 is 0 Å². The van der Waals surface area contributed by atoms with Crippen molar-refractivity contribution in [2.45, 2.75) is 71.1 Å². The Morgan fingerprint density at radius 3 is 2.91 bits per heavy atom. The number of hydrogen-bond donors (Lipinski definition) is 1. The zero-order valence-corrected chi connectivity index (χ0v) is 13.7. The summed E-state index contributed by atoms with van der Waals surface area (Å²) in [5.74, 6) is 0.138. The van der Waals surface area contributed by atoms with Gasteiger partial charge in [-0.1, -0.05) is 12.8 Å². The highest BCUT2D eigenvalue weighted by Gasteiger charge is 2.57. The second-order valence-electron chi connectivity index (χ2n) is 6.77.